The van der Waals surface area contributed by atoms with Crippen LogP contribution in [0.1, 0.15) is 28.7 Å². The molecule has 3 aromatic rings. The molecule has 3 rings (SSSR count). The molecule has 0 fully saturated rings. The largest absolute Gasteiger partial charge is 0.462 e. The van der Waals surface area contributed by atoms with Crippen molar-refractivity contribution in [3.8, 4) is 0 Å². The normalized spacial score (nSPS) is 10.8. The molecule has 0 aliphatic heterocycles. The lowest BCUT2D eigenvalue weighted by Gasteiger charge is -2.01. The van der Waals surface area contributed by atoms with Gasteiger partial charge >= 0.3 is 5.97 Å². The lowest BCUT2D eigenvalue weighted by atomic mass is 10.1. The van der Waals surface area contributed by atoms with Crippen LogP contribution >= 0.6 is 0 Å². The van der Waals surface area contributed by atoms with Gasteiger partial charge in [0.2, 0.25) is 0 Å². The second-order valence-corrected chi connectivity index (χ2v) is 5.09. The van der Waals surface area contributed by atoms with Gasteiger partial charge in [-0.2, -0.15) is 0 Å². The SMILES string of the molecule is CCOC(=O)c1cccc2[nH]c(CCc3ccccc3)nc12. The molecule has 0 bridgehead atoms. The Bertz CT molecular complexity index is 778. The van der Waals surface area contributed by atoms with E-state index < -0.39 is 0 Å². The van der Waals surface area contributed by atoms with E-state index in [2.05, 4.69) is 22.1 Å². The highest BCUT2D eigenvalue weighted by molar-refractivity contribution is 6.01. The van der Waals surface area contributed by atoms with Gasteiger partial charge in [0.15, 0.2) is 0 Å². The van der Waals surface area contributed by atoms with Crippen molar-refractivity contribution in [3.63, 3.8) is 0 Å². The first-order chi connectivity index (χ1) is 10.8. The lowest BCUT2D eigenvalue weighted by molar-refractivity contribution is 0.0528. The molecule has 0 aliphatic rings. The number of para-hydroxylation sites is 1. The number of carbonyl (C=O) groups is 1. The van der Waals surface area contributed by atoms with Crippen molar-refractivity contribution in [2.75, 3.05) is 6.61 Å². The highest BCUT2D eigenvalue weighted by atomic mass is 16.5. The summed E-state index contributed by atoms with van der Waals surface area (Å²) >= 11 is 0. The molecule has 1 aromatic heterocycles. The van der Waals surface area contributed by atoms with Crippen molar-refractivity contribution in [1.29, 1.82) is 0 Å². The van der Waals surface area contributed by atoms with Crippen LogP contribution < -0.4 is 0 Å². The predicted molar refractivity (Wildman–Crippen MR) is 85.9 cm³/mol. The number of benzene rings is 2. The maximum absolute atomic E-state index is 12.0. The van der Waals surface area contributed by atoms with E-state index in [4.69, 9.17) is 4.74 Å². The van der Waals surface area contributed by atoms with Gasteiger partial charge in [0.1, 0.15) is 11.3 Å². The number of rotatable bonds is 5. The van der Waals surface area contributed by atoms with Gasteiger partial charge in [0, 0.05) is 6.42 Å². The maximum Gasteiger partial charge on any atom is 0.340 e. The van der Waals surface area contributed by atoms with Gasteiger partial charge < -0.3 is 9.72 Å². The molecule has 1 N–H and O–H groups in total. The molecule has 0 saturated heterocycles. The number of esters is 1. The number of nitrogens with zero attached hydrogens (tertiary/aromatic N) is 1. The summed E-state index contributed by atoms with van der Waals surface area (Å²) in [5.74, 6) is 0.560. The molecule has 0 amide bonds. The standard InChI is InChI=1S/C18H18N2O2/c1-2-22-18(21)14-9-6-10-15-17(14)20-16(19-15)12-11-13-7-4-3-5-8-13/h3-10H,2,11-12H2,1H3,(H,19,20). The average molecular weight is 294 g/mol. The van der Waals surface area contributed by atoms with Gasteiger partial charge in [-0.1, -0.05) is 36.4 Å². The van der Waals surface area contributed by atoms with Gasteiger partial charge in [-0.25, -0.2) is 9.78 Å². The summed E-state index contributed by atoms with van der Waals surface area (Å²) in [7, 11) is 0. The van der Waals surface area contributed by atoms with Crippen LogP contribution in [0.3, 0.4) is 0 Å². The van der Waals surface area contributed by atoms with Crippen molar-refractivity contribution in [2.24, 2.45) is 0 Å². The monoisotopic (exact) mass is 294 g/mol. The summed E-state index contributed by atoms with van der Waals surface area (Å²) < 4.78 is 5.08. The van der Waals surface area contributed by atoms with Crippen LogP contribution in [0.2, 0.25) is 0 Å². The molecular weight excluding hydrogens is 276 g/mol. The van der Waals surface area contributed by atoms with E-state index in [1.54, 1.807) is 13.0 Å². The summed E-state index contributed by atoms with van der Waals surface area (Å²) in [6.07, 6.45) is 1.72. The molecule has 22 heavy (non-hydrogen) atoms. The minimum Gasteiger partial charge on any atom is -0.462 e. The Morgan fingerprint density at radius 2 is 1.91 bits per heavy atom. The third-order valence-electron chi connectivity index (χ3n) is 3.55. The molecular formula is C18H18N2O2. The third kappa shape index (κ3) is 3.01. The van der Waals surface area contributed by atoms with Crippen molar-refractivity contribution in [2.45, 2.75) is 19.8 Å². The molecule has 0 saturated carbocycles. The number of hydrogen-bond donors (Lipinski definition) is 1. The first-order valence-electron chi connectivity index (χ1n) is 7.46. The van der Waals surface area contributed by atoms with Gasteiger partial charge in [-0.15, -0.1) is 0 Å². The van der Waals surface area contributed by atoms with Gasteiger partial charge in [-0.05, 0) is 31.0 Å². The van der Waals surface area contributed by atoms with E-state index in [1.807, 2.05) is 30.3 Å². The number of carbonyl (C=O) groups excluding carboxylic acids is 1. The summed E-state index contributed by atoms with van der Waals surface area (Å²) in [6.45, 7) is 2.16. The Morgan fingerprint density at radius 3 is 2.68 bits per heavy atom. The number of aromatic nitrogens is 2. The third-order valence-corrected chi connectivity index (χ3v) is 3.55. The molecule has 4 heteroatoms. The molecule has 0 aliphatic carbocycles. The maximum atomic E-state index is 12.0. The lowest BCUT2D eigenvalue weighted by Crippen LogP contribution is -2.05. The van der Waals surface area contributed by atoms with Crippen molar-refractivity contribution in [3.05, 3.63) is 65.5 Å². The Morgan fingerprint density at radius 1 is 1.09 bits per heavy atom. The summed E-state index contributed by atoms with van der Waals surface area (Å²) in [4.78, 5) is 19.8. The zero-order valence-electron chi connectivity index (χ0n) is 12.5. The smallest absolute Gasteiger partial charge is 0.340 e. The number of aromatic amines is 1. The van der Waals surface area contributed by atoms with Crippen LogP contribution in [0, 0.1) is 0 Å². The van der Waals surface area contributed by atoms with Gasteiger partial charge in [-0.3, -0.25) is 0 Å². The Labute approximate surface area is 129 Å². The summed E-state index contributed by atoms with van der Waals surface area (Å²) in [5.41, 5.74) is 3.34. The highest BCUT2D eigenvalue weighted by Gasteiger charge is 2.14. The van der Waals surface area contributed by atoms with Crippen LogP contribution in [0.5, 0.6) is 0 Å². The minimum atomic E-state index is -0.325. The van der Waals surface area contributed by atoms with E-state index in [9.17, 15) is 4.79 Å². The average Bonchev–Trinajstić information content (AvgIpc) is 2.97. The number of ether oxygens (including phenoxy) is 1. The summed E-state index contributed by atoms with van der Waals surface area (Å²) in [6, 6.07) is 15.8. The molecule has 0 radical (unpaired) electrons. The second kappa shape index (κ2) is 6.43. The van der Waals surface area contributed by atoms with E-state index in [0.717, 1.165) is 24.2 Å². The fourth-order valence-electron chi connectivity index (χ4n) is 2.48. The van der Waals surface area contributed by atoms with E-state index in [0.29, 0.717) is 17.7 Å². The number of H-pyrrole nitrogens is 1. The Hall–Kier alpha value is -2.62. The van der Waals surface area contributed by atoms with Gasteiger partial charge in [0.25, 0.3) is 0 Å². The number of fused-ring (bicyclic) bond motifs is 1. The zero-order valence-corrected chi connectivity index (χ0v) is 12.5. The van der Waals surface area contributed by atoms with Crippen molar-refractivity contribution < 1.29 is 9.53 Å². The number of imidazole rings is 1. The minimum absolute atomic E-state index is 0.325. The fraction of sp³-hybridized carbons (Fsp3) is 0.222. The van der Waals surface area contributed by atoms with Crippen LogP contribution in [0.25, 0.3) is 11.0 Å². The Balaban J connectivity index is 1.83. The van der Waals surface area contributed by atoms with Crippen LogP contribution in [0.15, 0.2) is 48.5 Å². The molecule has 0 atom stereocenters. The van der Waals surface area contributed by atoms with Crippen molar-refractivity contribution in [1.82, 2.24) is 9.97 Å². The first kappa shape index (κ1) is 14.3. The molecule has 112 valence electrons. The molecule has 4 nitrogen and oxygen atoms in total. The number of hydrogen-bond acceptors (Lipinski definition) is 3. The van der Waals surface area contributed by atoms with Crippen LogP contribution in [-0.4, -0.2) is 22.5 Å². The first-order valence-corrected chi connectivity index (χ1v) is 7.46. The number of nitrogens with one attached hydrogen (secondary N) is 1. The highest BCUT2D eigenvalue weighted by Crippen LogP contribution is 2.18. The quantitative estimate of drug-likeness (QED) is 0.732. The van der Waals surface area contributed by atoms with E-state index in [-0.39, 0.29) is 5.97 Å². The van der Waals surface area contributed by atoms with E-state index >= 15 is 0 Å². The van der Waals surface area contributed by atoms with E-state index in [1.165, 1.54) is 5.56 Å². The van der Waals surface area contributed by atoms with Crippen LogP contribution in [-0.2, 0) is 17.6 Å². The zero-order chi connectivity index (χ0) is 15.4. The number of aryl methyl sites for hydroxylation is 2. The molecule has 2 aromatic carbocycles. The predicted octanol–water partition coefficient (Wildman–Crippen LogP) is 3.52. The molecule has 0 unspecified atom stereocenters. The second-order valence-electron chi connectivity index (χ2n) is 5.09. The Kier molecular flexibility index (Phi) is 4.19. The van der Waals surface area contributed by atoms with Crippen molar-refractivity contribution >= 4 is 17.0 Å². The molecule has 0 spiro atoms. The van der Waals surface area contributed by atoms with Crippen LogP contribution in [0.4, 0.5) is 0 Å². The van der Waals surface area contributed by atoms with Gasteiger partial charge in [0.05, 0.1) is 17.7 Å². The molecule has 1 heterocycles. The summed E-state index contributed by atoms with van der Waals surface area (Å²) in [5, 5.41) is 0. The topological polar surface area (TPSA) is 55.0 Å². The fourth-order valence-corrected chi connectivity index (χ4v) is 2.48.